The second-order valence-corrected chi connectivity index (χ2v) is 7.84. The van der Waals surface area contributed by atoms with Crippen molar-refractivity contribution in [2.75, 3.05) is 17.2 Å². The topological polar surface area (TPSA) is 136 Å². The summed E-state index contributed by atoms with van der Waals surface area (Å²) < 4.78 is 14.2. The van der Waals surface area contributed by atoms with E-state index in [1.807, 2.05) is 0 Å². The highest BCUT2D eigenvalue weighted by molar-refractivity contribution is 7.14. The van der Waals surface area contributed by atoms with Crippen molar-refractivity contribution >= 4 is 34.1 Å². The van der Waals surface area contributed by atoms with Crippen LogP contribution >= 0.6 is 11.3 Å². The molecule has 0 saturated heterocycles. The van der Waals surface area contributed by atoms with Crippen LogP contribution in [0.25, 0.3) is 0 Å². The summed E-state index contributed by atoms with van der Waals surface area (Å²) in [6, 6.07) is 6.14. The molecule has 2 amide bonds. The lowest BCUT2D eigenvalue weighted by Gasteiger charge is -2.41. The minimum atomic E-state index is -0.670. The molecule has 0 unspecified atom stereocenters. The first-order valence-corrected chi connectivity index (χ1v) is 10.1. The Kier molecular flexibility index (Phi) is 5.36. The second-order valence-electron chi connectivity index (χ2n) is 6.98. The van der Waals surface area contributed by atoms with Crippen molar-refractivity contribution in [2.24, 2.45) is 5.73 Å². The molecule has 0 atom stereocenters. The first kappa shape index (κ1) is 19.8. The third kappa shape index (κ3) is 3.96. The van der Waals surface area contributed by atoms with Crippen LogP contribution in [0.1, 0.15) is 45.9 Å². The standard InChI is InChI=1S/C19H18FN7O2S/c20-11-3-1-8-22-15(11)19(6-2-7-19)10-23-14-5-4-12(26-27-14)17(29)25-18-24-13(9-30-18)16(21)28/h1,3-5,8-9H,2,6-7,10H2,(H2,21,28)(H,23,27)(H,24,25,29). The van der Waals surface area contributed by atoms with Crippen LogP contribution in [0.4, 0.5) is 15.3 Å². The normalized spacial score (nSPS) is 14.6. The molecule has 0 aromatic carbocycles. The van der Waals surface area contributed by atoms with Crippen LogP contribution in [0.5, 0.6) is 0 Å². The SMILES string of the molecule is NC(=O)c1csc(NC(=O)c2ccc(NCC3(c4ncccc4F)CCC3)nn2)n1. The van der Waals surface area contributed by atoms with Crippen LogP contribution < -0.4 is 16.4 Å². The van der Waals surface area contributed by atoms with E-state index in [9.17, 15) is 14.0 Å². The fourth-order valence-corrected chi connectivity index (χ4v) is 3.98. The number of aromatic nitrogens is 4. The number of thiazole rings is 1. The molecule has 0 aliphatic heterocycles. The zero-order chi connectivity index (χ0) is 21.1. The highest BCUT2D eigenvalue weighted by Gasteiger charge is 2.41. The summed E-state index contributed by atoms with van der Waals surface area (Å²) in [4.78, 5) is 31.5. The van der Waals surface area contributed by atoms with Gasteiger partial charge in [-0.1, -0.05) is 6.42 Å². The van der Waals surface area contributed by atoms with Crippen LogP contribution in [0.2, 0.25) is 0 Å². The van der Waals surface area contributed by atoms with Crippen LogP contribution in [-0.2, 0) is 5.41 Å². The Balaban J connectivity index is 1.39. The van der Waals surface area contributed by atoms with Gasteiger partial charge in [-0.2, -0.15) is 0 Å². The highest BCUT2D eigenvalue weighted by atomic mass is 32.1. The molecule has 9 nitrogen and oxygen atoms in total. The summed E-state index contributed by atoms with van der Waals surface area (Å²) in [7, 11) is 0. The van der Waals surface area contributed by atoms with Gasteiger partial charge in [0.05, 0.1) is 5.69 Å². The Bertz CT molecular complexity index is 1080. The van der Waals surface area contributed by atoms with Gasteiger partial charge in [0.15, 0.2) is 10.8 Å². The fraction of sp³-hybridized carbons (Fsp3) is 0.263. The molecule has 1 saturated carbocycles. The van der Waals surface area contributed by atoms with Crippen molar-refractivity contribution < 1.29 is 14.0 Å². The quantitative estimate of drug-likeness (QED) is 0.526. The van der Waals surface area contributed by atoms with Crippen LogP contribution in [0.15, 0.2) is 35.8 Å². The maximum Gasteiger partial charge on any atom is 0.277 e. The van der Waals surface area contributed by atoms with Crippen molar-refractivity contribution in [3.8, 4) is 0 Å². The van der Waals surface area contributed by atoms with Crippen LogP contribution in [0.3, 0.4) is 0 Å². The molecule has 3 heterocycles. The van der Waals surface area contributed by atoms with Gasteiger partial charge < -0.3 is 11.1 Å². The van der Waals surface area contributed by atoms with E-state index in [-0.39, 0.29) is 27.8 Å². The largest absolute Gasteiger partial charge is 0.368 e. The van der Waals surface area contributed by atoms with Gasteiger partial charge in [0.2, 0.25) is 0 Å². The number of halogens is 1. The minimum Gasteiger partial charge on any atom is -0.368 e. The molecule has 1 aliphatic rings. The number of nitrogens with zero attached hydrogens (tertiary/aromatic N) is 4. The van der Waals surface area contributed by atoms with Gasteiger partial charge in [0.1, 0.15) is 17.3 Å². The van der Waals surface area contributed by atoms with E-state index in [2.05, 4.69) is 30.8 Å². The minimum absolute atomic E-state index is 0.0789. The summed E-state index contributed by atoms with van der Waals surface area (Å²) in [5.41, 5.74) is 5.41. The molecule has 11 heteroatoms. The number of hydrogen-bond donors (Lipinski definition) is 3. The van der Waals surface area contributed by atoms with E-state index in [0.717, 1.165) is 30.6 Å². The molecule has 3 aromatic heterocycles. The van der Waals surface area contributed by atoms with Gasteiger partial charge in [-0.15, -0.1) is 21.5 Å². The number of pyridine rings is 1. The van der Waals surface area contributed by atoms with Gasteiger partial charge in [-0.05, 0) is 37.1 Å². The summed E-state index contributed by atoms with van der Waals surface area (Å²) in [6.45, 7) is 0.468. The van der Waals surface area contributed by atoms with E-state index in [1.165, 1.54) is 17.5 Å². The van der Waals surface area contributed by atoms with E-state index < -0.39 is 11.8 Å². The Morgan fingerprint density at radius 3 is 2.63 bits per heavy atom. The van der Waals surface area contributed by atoms with E-state index in [4.69, 9.17) is 5.73 Å². The Morgan fingerprint density at radius 2 is 2.03 bits per heavy atom. The fourth-order valence-electron chi connectivity index (χ4n) is 3.29. The van der Waals surface area contributed by atoms with Gasteiger partial charge in [-0.3, -0.25) is 19.9 Å². The molecule has 3 aromatic rings. The summed E-state index contributed by atoms with van der Waals surface area (Å²) >= 11 is 1.08. The summed E-state index contributed by atoms with van der Waals surface area (Å²) in [5.74, 6) is -1.01. The van der Waals surface area contributed by atoms with Gasteiger partial charge >= 0.3 is 0 Å². The lowest BCUT2D eigenvalue weighted by Crippen LogP contribution is -2.42. The zero-order valence-corrected chi connectivity index (χ0v) is 16.6. The molecular formula is C19H18FN7O2S. The molecule has 0 spiro atoms. The number of carbonyl (C=O) groups is 2. The molecule has 1 aliphatic carbocycles. The van der Waals surface area contributed by atoms with Crippen molar-refractivity contribution in [2.45, 2.75) is 24.7 Å². The second kappa shape index (κ2) is 8.11. The number of nitrogens with two attached hydrogens (primary N) is 1. The predicted molar refractivity (Wildman–Crippen MR) is 109 cm³/mol. The lowest BCUT2D eigenvalue weighted by atomic mass is 9.66. The van der Waals surface area contributed by atoms with Crippen LogP contribution in [-0.4, -0.2) is 38.5 Å². The van der Waals surface area contributed by atoms with E-state index >= 15 is 0 Å². The number of primary amides is 1. The predicted octanol–water partition coefficient (Wildman–Crippen LogP) is 2.35. The van der Waals surface area contributed by atoms with Gasteiger partial charge in [0, 0.05) is 23.5 Å². The maximum atomic E-state index is 14.2. The third-order valence-corrected chi connectivity index (χ3v) is 5.81. The summed E-state index contributed by atoms with van der Waals surface area (Å²) in [5, 5.41) is 15.4. The van der Waals surface area contributed by atoms with Crippen molar-refractivity contribution in [3.63, 3.8) is 0 Å². The lowest BCUT2D eigenvalue weighted by molar-refractivity contribution is 0.0991. The molecular weight excluding hydrogens is 409 g/mol. The molecule has 4 rings (SSSR count). The maximum absolute atomic E-state index is 14.2. The number of amides is 2. The van der Waals surface area contributed by atoms with E-state index in [0.29, 0.717) is 18.1 Å². The molecule has 154 valence electrons. The van der Waals surface area contributed by atoms with Gasteiger partial charge in [0.25, 0.3) is 11.8 Å². The average molecular weight is 427 g/mol. The highest BCUT2D eigenvalue weighted by Crippen LogP contribution is 2.43. The number of carbonyl (C=O) groups excluding carboxylic acids is 2. The smallest absolute Gasteiger partial charge is 0.277 e. The number of nitrogens with one attached hydrogen (secondary N) is 2. The molecule has 0 radical (unpaired) electrons. The zero-order valence-electron chi connectivity index (χ0n) is 15.8. The number of hydrogen-bond acceptors (Lipinski definition) is 8. The Labute approximate surface area is 175 Å². The summed E-state index contributed by atoms with van der Waals surface area (Å²) in [6.07, 6.45) is 4.28. The Hall–Kier alpha value is -3.47. The van der Waals surface area contributed by atoms with Crippen molar-refractivity contribution in [1.29, 1.82) is 0 Å². The first-order chi connectivity index (χ1) is 14.5. The van der Waals surface area contributed by atoms with Gasteiger partial charge in [-0.25, -0.2) is 9.37 Å². The van der Waals surface area contributed by atoms with Crippen LogP contribution in [0, 0.1) is 5.82 Å². The first-order valence-electron chi connectivity index (χ1n) is 9.22. The van der Waals surface area contributed by atoms with Crippen molar-refractivity contribution in [1.82, 2.24) is 20.2 Å². The number of rotatable bonds is 7. The molecule has 30 heavy (non-hydrogen) atoms. The molecule has 0 bridgehead atoms. The third-order valence-electron chi connectivity index (χ3n) is 5.05. The monoisotopic (exact) mass is 427 g/mol. The molecule has 4 N–H and O–H groups in total. The van der Waals surface area contributed by atoms with E-state index in [1.54, 1.807) is 18.3 Å². The Morgan fingerprint density at radius 1 is 1.20 bits per heavy atom. The molecule has 1 fully saturated rings. The number of anilines is 2. The van der Waals surface area contributed by atoms with Crippen molar-refractivity contribution in [3.05, 3.63) is 58.7 Å². The average Bonchev–Trinajstić information content (AvgIpc) is 3.17.